The first-order valence-electron chi connectivity index (χ1n) is 8.37. The fourth-order valence-electron chi connectivity index (χ4n) is 2.72. The summed E-state index contributed by atoms with van der Waals surface area (Å²) in [5, 5.41) is 3.37. The first-order chi connectivity index (χ1) is 13.2. The molecule has 2 nitrogen and oxygen atoms in total. The van der Waals surface area contributed by atoms with E-state index in [1.807, 2.05) is 31.2 Å². The number of halogens is 4. The third kappa shape index (κ3) is 4.34. The van der Waals surface area contributed by atoms with Crippen LogP contribution in [0.2, 0.25) is 5.02 Å². The molecule has 0 spiro atoms. The number of hydrogen-bond donors (Lipinski definition) is 1. The van der Waals surface area contributed by atoms with Gasteiger partial charge in [0.2, 0.25) is 0 Å². The number of aryl methyl sites for hydroxylation is 2. The minimum Gasteiger partial charge on any atom is -0.354 e. The number of benzene rings is 2. The van der Waals surface area contributed by atoms with E-state index in [1.165, 1.54) is 0 Å². The third-order valence-corrected chi connectivity index (χ3v) is 5.05. The van der Waals surface area contributed by atoms with Crippen molar-refractivity contribution in [1.82, 2.24) is 4.98 Å². The largest absolute Gasteiger partial charge is 0.417 e. The van der Waals surface area contributed by atoms with Gasteiger partial charge in [-0.15, -0.1) is 0 Å². The van der Waals surface area contributed by atoms with Crippen molar-refractivity contribution < 1.29 is 13.2 Å². The van der Waals surface area contributed by atoms with Crippen LogP contribution < -0.4 is 5.32 Å². The summed E-state index contributed by atoms with van der Waals surface area (Å²) in [6.45, 7) is 3.60. The first-order valence-corrected chi connectivity index (χ1v) is 9.16. The van der Waals surface area contributed by atoms with Gasteiger partial charge in [-0.05, 0) is 49.2 Å². The van der Waals surface area contributed by atoms with Crippen molar-refractivity contribution in [3.05, 3.63) is 87.7 Å². The second kappa shape index (κ2) is 7.89. The van der Waals surface area contributed by atoms with Crippen LogP contribution in [0.3, 0.4) is 0 Å². The molecule has 0 aliphatic carbocycles. The lowest BCUT2D eigenvalue weighted by atomic mass is 10.00. The SMILES string of the molecule is Cc1ccccc1C(=S)c1ccc(Nc2cc(C(F)(F)F)cnc2C)cc1Cl. The summed E-state index contributed by atoms with van der Waals surface area (Å²) in [6, 6.07) is 13.9. The Morgan fingerprint density at radius 1 is 1.04 bits per heavy atom. The fourth-order valence-corrected chi connectivity index (χ4v) is 3.46. The molecule has 1 N–H and O–H groups in total. The summed E-state index contributed by atoms with van der Waals surface area (Å²) >= 11 is 12.0. The highest BCUT2D eigenvalue weighted by molar-refractivity contribution is 7.81. The van der Waals surface area contributed by atoms with Crippen molar-refractivity contribution in [2.45, 2.75) is 20.0 Å². The highest BCUT2D eigenvalue weighted by atomic mass is 35.5. The fraction of sp³-hybridized carbons (Fsp3) is 0.143. The molecule has 0 bridgehead atoms. The van der Waals surface area contributed by atoms with Gasteiger partial charge in [0.15, 0.2) is 0 Å². The van der Waals surface area contributed by atoms with Gasteiger partial charge in [0.25, 0.3) is 0 Å². The van der Waals surface area contributed by atoms with Gasteiger partial charge in [0.05, 0.1) is 26.8 Å². The summed E-state index contributed by atoms with van der Waals surface area (Å²) in [5.41, 5.74) is 3.09. The Hall–Kier alpha value is -2.44. The molecule has 28 heavy (non-hydrogen) atoms. The molecule has 0 saturated carbocycles. The van der Waals surface area contributed by atoms with E-state index in [1.54, 1.807) is 25.1 Å². The Morgan fingerprint density at radius 2 is 1.75 bits per heavy atom. The van der Waals surface area contributed by atoms with E-state index >= 15 is 0 Å². The monoisotopic (exact) mass is 420 g/mol. The molecule has 144 valence electrons. The van der Waals surface area contributed by atoms with Crippen LogP contribution in [0.25, 0.3) is 0 Å². The molecule has 0 saturated heterocycles. The van der Waals surface area contributed by atoms with Crippen LogP contribution in [-0.2, 0) is 6.18 Å². The number of aromatic nitrogens is 1. The maximum absolute atomic E-state index is 12.9. The van der Waals surface area contributed by atoms with Crippen LogP contribution >= 0.6 is 23.8 Å². The number of anilines is 2. The van der Waals surface area contributed by atoms with Crippen LogP contribution in [0.5, 0.6) is 0 Å². The van der Waals surface area contributed by atoms with E-state index in [-0.39, 0.29) is 5.69 Å². The summed E-state index contributed by atoms with van der Waals surface area (Å²) in [4.78, 5) is 4.44. The zero-order chi connectivity index (χ0) is 20.5. The van der Waals surface area contributed by atoms with Crippen LogP contribution in [0.1, 0.15) is 27.9 Å². The molecule has 0 aliphatic heterocycles. The number of rotatable bonds is 4. The number of hydrogen-bond acceptors (Lipinski definition) is 3. The predicted octanol–water partition coefficient (Wildman–Crippen LogP) is 6.88. The van der Waals surface area contributed by atoms with Gasteiger partial charge in [-0.25, -0.2) is 0 Å². The molecule has 0 aliphatic rings. The van der Waals surface area contributed by atoms with Crippen LogP contribution in [-0.4, -0.2) is 9.85 Å². The van der Waals surface area contributed by atoms with E-state index < -0.39 is 11.7 Å². The van der Waals surface area contributed by atoms with Gasteiger partial charge in [-0.2, -0.15) is 13.2 Å². The quantitative estimate of drug-likeness (QED) is 0.368. The molecule has 3 rings (SSSR count). The van der Waals surface area contributed by atoms with Crippen molar-refractivity contribution in [2.24, 2.45) is 0 Å². The van der Waals surface area contributed by atoms with Crippen molar-refractivity contribution in [3.8, 4) is 0 Å². The zero-order valence-corrected chi connectivity index (χ0v) is 16.6. The van der Waals surface area contributed by atoms with E-state index in [2.05, 4.69) is 10.3 Å². The van der Waals surface area contributed by atoms with Gasteiger partial charge in [-0.3, -0.25) is 4.98 Å². The van der Waals surface area contributed by atoms with E-state index in [0.29, 0.717) is 26.8 Å². The van der Waals surface area contributed by atoms with E-state index in [4.69, 9.17) is 23.8 Å². The third-order valence-electron chi connectivity index (χ3n) is 4.30. The van der Waals surface area contributed by atoms with Crippen LogP contribution in [0.15, 0.2) is 54.7 Å². The maximum atomic E-state index is 12.9. The standard InChI is InChI=1S/C21H16ClF3N2S/c1-12-5-3-4-6-16(12)20(28)17-8-7-15(10-18(17)22)27-19-9-14(21(23,24)25)11-26-13(19)2/h3-11,27H,1-2H3. The predicted molar refractivity (Wildman–Crippen MR) is 111 cm³/mol. The van der Waals surface area contributed by atoms with E-state index in [9.17, 15) is 13.2 Å². The van der Waals surface area contributed by atoms with E-state index in [0.717, 1.165) is 23.4 Å². The molecule has 0 amide bonds. The number of thiocarbonyl (C=S) groups is 1. The molecule has 2 aromatic carbocycles. The zero-order valence-electron chi connectivity index (χ0n) is 15.1. The first kappa shape index (κ1) is 20.3. The normalized spacial score (nSPS) is 11.4. The molecular weight excluding hydrogens is 405 g/mol. The van der Waals surface area contributed by atoms with Gasteiger partial charge in [0, 0.05) is 17.4 Å². The Morgan fingerprint density at radius 3 is 2.39 bits per heavy atom. The molecule has 0 fully saturated rings. The topological polar surface area (TPSA) is 24.9 Å². The van der Waals surface area contributed by atoms with Crippen molar-refractivity contribution in [2.75, 3.05) is 5.32 Å². The summed E-state index contributed by atoms with van der Waals surface area (Å²) in [6.07, 6.45) is -3.64. The van der Waals surface area contributed by atoms with Crippen molar-refractivity contribution in [1.29, 1.82) is 0 Å². The van der Waals surface area contributed by atoms with Gasteiger partial charge in [0.1, 0.15) is 0 Å². The molecule has 7 heteroatoms. The minimum atomic E-state index is -4.46. The van der Waals surface area contributed by atoms with Crippen molar-refractivity contribution in [3.63, 3.8) is 0 Å². The Labute approximate surface area is 171 Å². The van der Waals surface area contributed by atoms with Crippen LogP contribution in [0.4, 0.5) is 24.5 Å². The number of alkyl halides is 3. The lowest BCUT2D eigenvalue weighted by Gasteiger charge is -2.14. The molecule has 0 unspecified atom stereocenters. The number of nitrogens with one attached hydrogen (secondary N) is 1. The Kier molecular flexibility index (Phi) is 5.72. The maximum Gasteiger partial charge on any atom is 0.417 e. The molecule has 1 heterocycles. The highest BCUT2D eigenvalue weighted by Gasteiger charge is 2.31. The van der Waals surface area contributed by atoms with Crippen LogP contribution in [0, 0.1) is 13.8 Å². The lowest BCUT2D eigenvalue weighted by Crippen LogP contribution is -2.08. The summed E-state index contributed by atoms with van der Waals surface area (Å²) < 4.78 is 38.8. The lowest BCUT2D eigenvalue weighted by molar-refractivity contribution is -0.137. The van der Waals surface area contributed by atoms with Gasteiger partial charge in [-0.1, -0.05) is 48.1 Å². The van der Waals surface area contributed by atoms with Gasteiger partial charge < -0.3 is 5.32 Å². The molecule has 3 aromatic rings. The second-order valence-electron chi connectivity index (χ2n) is 6.32. The Balaban J connectivity index is 1.90. The number of nitrogens with zero attached hydrogens (tertiary/aromatic N) is 1. The highest BCUT2D eigenvalue weighted by Crippen LogP contribution is 2.33. The average Bonchev–Trinajstić information content (AvgIpc) is 2.62. The Bertz CT molecular complexity index is 1050. The molecule has 0 radical (unpaired) electrons. The minimum absolute atomic E-state index is 0.264. The number of pyridine rings is 1. The van der Waals surface area contributed by atoms with Crippen molar-refractivity contribution >= 4 is 40.1 Å². The molecule has 1 aromatic heterocycles. The average molecular weight is 421 g/mol. The second-order valence-corrected chi connectivity index (χ2v) is 7.13. The van der Waals surface area contributed by atoms with Gasteiger partial charge >= 0.3 is 6.18 Å². The summed E-state index contributed by atoms with van der Waals surface area (Å²) in [5.74, 6) is 0. The summed E-state index contributed by atoms with van der Waals surface area (Å²) in [7, 11) is 0. The molecule has 0 atom stereocenters. The smallest absolute Gasteiger partial charge is 0.354 e. The molecular formula is C21H16ClF3N2S.